The lowest BCUT2D eigenvalue weighted by Gasteiger charge is -2.33. The fourth-order valence-electron chi connectivity index (χ4n) is 1.97. The van der Waals surface area contributed by atoms with Gasteiger partial charge in [-0.3, -0.25) is 4.90 Å². The van der Waals surface area contributed by atoms with Gasteiger partial charge in [0.2, 0.25) is 0 Å². The summed E-state index contributed by atoms with van der Waals surface area (Å²) in [6, 6.07) is 10.1. The lowest BCUT2D eigenvalue weighted by atomic mass is 10.2. The van der Waals surface area contributed by atoms with E-state index in [1.165, 1.54) is 0 Å². The van der Waals surface area contributed by atoms with Gasteiger partial charge < -0.3 is 15.2 Å². The Morgan fingerprint density at radius 1 is 1.16 bits per heavy atom. The maximum absolute atomic E-state index is 5.81. The molecule has 19 heavy (non-hydrogen) atoms. The maximum Gasteiger partial charge on any atom is 0.119 e. The lowest BCUT2D eigenvalue weighted by molar-refractivity contribution is 0.00824. The molecule has 1 fully saturated rings. The quantitative estimate of drug-likeness (QED) is 0.897. The van der Waals surface area contributed by atoms with Gasteiger partial charge in [-0.2, -0.15) is 0 Å². The molecular weight excluding hydrogens is 287 g/mol. The van der Waals surface area contributed by atoms with Gasteiger partial charge in [-0.25, -0.2) is 0 Å². The summed E-state index contributed by atoms with van der Waals surface area (Å²) in [5, 5.41) is 0. The van der Waals surface area contributed by atoms with Crippen LogP contribution in [-0.4, -0.2) is 50.4 Å². The Morgan fingerprint density at radius 2 is 1.79 bits per heavy atom. The zero-order valence-electron chi connectivity index (χ0n) is 10.9. The monoisotopic (exact) mass is 308 g/mol. The molecule has 0 radical (unpaired) electrons. The van der Waals surface area contributed by atoms with Crippen LogP contribution in [-0.2, 0) is 4.74 Å². The minimum absolute atomic E-state index is 0. The Balaban J connectivity index is 0.00000162. The van der Waals surface area contributed by atoms with E-state index in [1.807, 2.05) is 30.3 Å². The smallest absolute Gasteiger partial charge is 0.119 e. The van der Waals surface area contributed by atoms with Crippen molar-refractivity contribution in [1.29, 1.82) is 0 Å². The van der Waals surface area contributed by atoms with Crippen molar-refractivity contribution < 1.29 is 9.47 Å². The Bertz CT molecular complexity index is 322. The summed E-state index contributed by atoms with van der Waals surface area (Å²) < 4.78 is 11.1. The first kappa shape index (κ1) is 18.5. The van der Waals surface area contributed by atoms with Crippen molar-refractivity contribution in [2.45, 2.75) is 6.04 Å². The maximum atomic E-state index is 5.81. The van der Waals surface area contributed by atoms with Crippen molar-refractivity contribution in [2.24, 2.45) is 5.73 Å². The molecule has 0 aromatic heterocycles. The summed E-state index contributed by atoms with van der Waals surface area (Å²) in [4.78, 5) is 2.34. The first-order chi connectivity index (χ1) is 8.40. The molecule has 0 bridgehead atoms. The fourth-order valence-corrected chi connectivity index (χ4v) is 1.97. The minimum atomic E-state index is 0. The molecule has 1 heterocycles. The highest BCUT2D eigenvalue weighted by Gasteiger charge is 2.20. The van der Waals surface area contributed by atoms with Gasteiger partial charge in [0.05, 0.1) is 19.3 Å². The normalized spacial score (nSPS) is 16.9. The zero-order valence-corrected chi connectivity index (χ0v) is 12.5. The van der Waals surface area contributed by atoms with E-state index in [0.717, 1.165) is 32.1 Å². The highest BCUT2D eigenvalue weighted by atomic mass is 35.5. The highest BCUT2D eigenvalue weighted by Crippen LogP contribution is 2.10. The number of rotatable bonds is 5. The average molecular weight is 309 g/mol. The van der Waals surface area contributed by atoms with Crippen molar-refractivity contribution in [3.8, 4) is 5.75 Å². The van der Waals surface area contributed by atoms with E-state index >= 15 is 0 Å². The molecule has 2 N–H and O–H groups in total. The highest BCUT2D eigenvalue weighted by molar-refractivity contribution is 5.85. The molecule has 1 aromatic carbocycles. The largest absolute Gasteiger partial charge is 0.492 e. The number of nitrogens with zero attached hydrogens (tertiary/aromatic N) is 1. The van der Waals surface area contributed by atoms with E-state index in [1.54, 1.807) is 0 Å². The van der Waals surface area contributed by atoms with E-state index < -0.39 is 0 Å². The van der Waals surface area contributed by atoms with Gasteiger partial charge in [0.15, 0.2) is 0 Å². The molecule has 4 nitrogen and oxygen atoms in total. The average Bonchev–Trinajstić information content (AvgIpc) is 2.42. The van der Waals surface area contributed by atoms with Crippen LogP contribution in [0.1, 0.15) is 0 Å². The second kappa shape index (κ2) is 10.3. The molecular formula is C13H22Cl2N2O2. The van der Waals surface area contributed by atoms with Gasteiger partial charge in [-0.05, 0) is 12.1 Å². The molecule has 110 valence electrons. The number of ether oxygens (including phenoxy) is 2. The van der Waals surface area contributed by atoms with Crippen LogP contribution in [0.3, 0.4) is 0 Å². The van der Waals surface area contributed by atoms with Crippen molar-refractivity contribution in [3.63, 3.8) is 0 Å². The van der Waals surface area contributed by atoms with Crippen molar-refractivity contribution >= 4 is 24.8 Å². The third kappa shape index (κ3) is 5.97. The molecule has 6 heteroatoms. The minimum Gasteiger partial charge on any atom is -0.492 e. The number of halogens is 2. The Kier molecular flexibility index (Phi) is 10.0. The van der Waals surface area contributed by atoms with Crippen LogP contribution in [0, 0.1) is 0 Å². The van der Waals surface area contributed by atoms with Crippen LogP contribution < -0.4 is 10.5 Å². The first-order valence-corrected chi connectivity index (χ1v) is 6.10. The number of para-hydroxylation sites is 1. The number of hydrogen-bond donors (Lipinski definition) is 1. The summed E-state index contributed by atoms with van der Waals surface area (Å²) in [5.41, 5.74) is 5.81. The summed E-state index contributed by atoms with van der Waals surface area (Å²) in [6.07, 6.45) is 0. The predicted molar refractivity (Wildman–Crippen MR) is 81.7 cm³/mol. The van der Waals surface area contributed by atoms with Crippen molar-refractivity contribution in [3.05, 3.63) is 30.3 Å². The summed E-state index contributed by atoms with van der Waals surface area (Å²) >= 11 is 0. The Labute approximate surface area is 127 Å². The van der Waals surface area contributed by atoms with Gasteiger partial charge in [-0.15, -0.1) is 24.8 Å². The third-order valence-corrected chi connectivity index (χ3v) is 3.02. The third-order valence-electron chi connectivity index (χ3n) is 3.02. The molecule has 2 rings (SSSR count). The standard InChI is InChI=1S/C13H20N2O2.2ClH/c14-10-12(15-6-8-16-9-7-15)11-17-13-4-2-1-3-5-13;;/h1-5,12H,6-11,14H2;2*1H. The Hall–Kier alpha value is -0.520. The predicted octanol–water partition coefficient (Wildman–Crippen LogP) is 1.57. The zero-order chi connectivity index (χ0) is 11.9. The Morgan fingerprint density at radius 3 is 2.37 bits per heavy atom. The van der Waals surface area contributed by atoms with Gasteiger partial charge in [-0.1, -0.05) is 18.2 Å². The van der Waals surface area contributed by atoms with Crippen LogP contribution in [0.4, 0.5) is 0 Å². The van der Waals surface area contributed by atoms with Gasteiger partial charge >= 0.3 is 0 Å². The van der Waals surface area contributed by atoms with Crippen LogP contribution in [0.25, 0.3) is 0 Å². The molecule has 1 unspecified atom stereocenters. The topological polar surface area (TPSA) is 47.7 Å². The summed E-state index contributed by atoms with van der Waals surface area (Å²) in [5.74, 6) is 0.902. The lowest BCUT2D eigenvalue weighted by Crippen LogP contribution is -2.49. The molecule has 0 saturated carbocycles. The van der Waals surface area contributed by atoms with Gasteiger partial charge in [0.1, 0.15) is 12.4 Å². The van der Waals surface area contributed by atoms with Crippen molar-refractivity contribution in [2.75, 3.05) is 39.5 Å². The van der Waals surface area contributed by atoms with Gasteiger partial charge in [0, 0.05) is 19.6 Å². The van der Waals surface area contributed by atoms with Crippen molar-refractivity contribution in [1.82, 2.24) is 4.90 Å². The number of hydrogen-bond acceptors (Lipinski definition) is 4. The van der Waals surface area contributed by atoms with Gasteiger partial charge in [0.25, 0.3) is 0 Å². The summed E-state index contributed by atoms with van der Waals surface area (Å²) in [7, 11) is 0. The van der Waals surface area contributed by atoms with E-state index in [9.17, 15) is 0 Å². The molecule has 1 aromatic rings. The van der Waals surface area contributed by atoms with E-state index in [2.05, 4.69) is 4.90 Å². The molecule has 1 atom stereocenters. The SMILES string of the molecule is Cl.Cl.NCC(COc1ccccc1)N1CCOCC1. The molecule has 1 aliphatic rings. The van der Waals surface area contributed by atoms with Crippen LogP contribution in [0.15, 0.2) is 30.3 Å². The second-order valence-electron chi connectivity index (χ2n) is 4.16. The molecule has 0 spiro atoms. The van der Waals surface area contributed by atoms with E-state index in [-0.39, 0.29) is 30.9 Å². The molecule has 0 amide bonds. The first-order valence-electron chi connectivity index (χ1n) is 6.10. The van der Waals surface area contributed by atoms with E-state index in [4.69, 9.17) is 15.2 Å². The van der Waals surface area contributed by atoms with Crippen LogP contribution in [0.5, 0.6) is 5.75 Å². The van der Waals surface area contributed by atoms with E-state index in [0.29, 0.717) is 13.2 Å². The molecule has 0 aliphatic carbocycles. The summed E-state index contributed by atoms with van der Waals surface area (Å²) in [6.45, 7) is 4.73. The number of morpholine rings is 1. The van der Waals surface area contributed by atoms with Crippen LogP contribution in [0.2, 0.25) is 0 Å². The molecule has 1 aliphatic heterocycles. The fraction of sp³-hybridized carbons (Fsp3) is 0.538. The second-order valence-corrected chi connectivity index (χ2v) is 4.16. The van der Waals surface area contributed by atoms with Crippen LogP contribution >= 0.6 is 24.8 Å². The molecule has 1 saturated heterocycles. The number of benzene rings is 1. The number of nitrogens with two attached hydrogens (primary N) is 1.